The summed E-state index contributed by atoms with van der Waals surface area (Å²) in [6.45, 7) is 2.14. The number of hydrogen-bond donors (Lipinski definition) is 0. The summed E-state index contributed by atoms with van der Waals surface area (Å²) in [6.07, 6.45) is 4.05. The number of pyridine rings is 1. The number of rotatable bonds is 1. The summed E-state index contributed by atoms with van der Waals surface area (Å²) in [5.41, 5.74) is 0.594. The Morgan fingerprint density at radius 1 is 1.29 bits per heavy atom. The van der Waals surface area contributed by atoms with Crippen LogP contribution < -0.4 is 4.90 Å². The molecule has 2 atom stereocenters. The number of nitriles is 1. The van der Waals surface area contributed by atoms with Crippen molar-refractivity contribution >= 4 is 17.4 Å². The maximum atomic E-state index is 8.94. The third-order valence-corrected chi connectivity index (χ3v) is 4.15. The second kappa shape index (κ2) is 4.19. The van der Waals surface area contributed by atoms with Gasteiger partial charge in [-0.2, -0.15) is 5.26 Å². The molecule has 1 aromatic heterocycles. The molecule has 1 aliphatic heterocycles. The highest BCUT2D eigenvalue weighted by atomic mass is 35.5. The minimum absolute atomic E-state index is 0.413. The van der Waals surface area contributed by atoms with Gasteiger partial charge in [0.15, 0.2) is 0 Å². The molecule has 1 saturated heterocycles. The second-order valence-corrected chi connectivity index (χ2v) is 5.39. The Kier molecular flexibility index (Phi) is 2.68. The van der Waals surface area contributed by atoms with E-state index in [0.29, 0.717) is 10.7 Å². The van der Waals surface area contributed by atoms with Gasteiger partial charge in [0.1, 0.15) is 11.0 Å². The Labute approximate surface area is 106 Å². The van der Waals surface area contributed by atoms with Gasteiger partial charge in [0.2, 0.25) is 0 Å². The van der Waals surface area contributed by atoms with E-state index in [-0.39, 0.29) is 0 Å². The number of anilines is 1. The monoisotopic (exact) mass is 247 g/mol. The third kappa shape index (κ3) is 1.98. The van der Waals surface area contributed by atoms with Crippen LogP contribution in [-0.2, 0) is 0 Å². The van der Waals surface area contributed by atoms with Crippen LogP contribution in [0.4, 0.5) is 5.82 Å². The highest BCUT2D eigenvalue weighted by Gasteiger charge is 2.36. The minimum Gasteiger partial charge on any atom is -0.356 e. The molecule has 2 heterocycles. The zero-order chi connectivity index (χ0) is 11.8. The highest BCUT2D eigenvalue weighted by molar-refractivity contribution is 6.29. The van der Waals surface area contributed by atoms with E-state index in [1.54, 1.807) is 6.07 Å². The zero-order valence-electron chi connectivity index (χ0n) is 9.56. The molecule has 0 bridgehead atoms. The van der Waals surface area contributed by atoms with Crippen LogP contribution in [0.1, 0.15) is 24.8 Å². The molecular weight excluding hydrogens is 234 g/mol. The zero-order valence-corrected chi connectivity index (χ0v) is 10.3. The Morgan fingerprint density at radius 2 is 2.00 bits per heavy atom. The molecule has 1 saturated carbocycles. The van der Waals surface area contributed by atoms with Gasteiger partial charge in [0.25, 0.3) is 0 Å². The Balaban J connectivity index is 1.86. The maximum Gasteiger partial charge on any atom is 0.132 e. The van der Waals surface area contributed by atoms with E-state index in [1.165, 1.54) is 19.3 Å². The molecule has 3 rings (SSSR count). The molecule has 88 valence electrons. The van der Waals surface area contributed by atoms with Crippen molar-refractivity contribution in [3.05, 3.63) is 22.8 Å². The molecule has 2 fully saturated rings. The summed E-state index contributed by atoms with van der Waals surface area (Å²) < 4.78 is 0. The van der Waals surface area contributed by atoms with E-state index >= 15 is 0 Å². The number of nitrogens with zero attached hydrogens (tertiary/aromatic N) is 3. The van der Waals surface area contributed by atoms with Crippen LogP contribution in [0.15, 0.2) is 12.1 Å². The summed E-state index contributed by atoms with van der Waals surface area (Å²) in [6, 6.07) is 5.58. The fourth-order valence-corrected chi connectivity index (χ4v) is 3.34. The quantitative estimate of drug-likeness (QED) is 0.717. The van der Waals surface area contributed by atoms with E-state index < -0.39 is 0 Å². The molecule has 0 N–H and O–H groups in total. The fourth-order valence-electron chi connectivity index (χ4n) is 3.13. The molecule has 3 nitrogen and oxygen atoms in total. The molecule has 2 aliphatic rings. The number of hydrogen-bond acceptors (Lipinski definition) is 3. The van der Waals surface area contributed by atoms with Gasteiger partial charge in [-0.15, -0.1) is 0 Å². The van der Waals surface area contributed by atoms with E-state index in [2.05, 4.69) is 16.0 Å². The van der Waals surface area contributed by atoms with Crippen molar-refractivity contribution < 1.29 is 0 Å². The first-order chi connectivity index (χ1) is 8.26. The van der Waals surface area contributed by atoms with Crippen molar-refractivity contribution in [1.82, 2.24) is 4.98 Å². The standard InChI is InChI=1S/C13H14ClN3/c14-12-4-9(6-15)5-13(16-12)17-7-10-2-1-3-11(10)8-17/h4-5,10-11H,1-3,7-8H2. The lowest BCUT2D eigenvalue weighted by molar-refractivity contribution is 0.494. The van der Waals surface area contributed by atoms with Crippen molar-refractivity contribution in [3.8, 4) is 6.07 Å². The summed E-state index contributed by atoms with van der Waals surface area (Å²) >= 11 is 5.94. The normalized spacial score (nSPS) is 26.9. The van der Waals surface area contributed by atoms with E-state index in [4.69, 9.17) is 16.9 Å². The van der Waals surface area contributed by atoms with Crippen molar-refractivity contribution in [2.45, 2.75) is 19.3 Å². The average Bonchev–Trinajstić information content (AvgIpc) is 2.88. The van der Waals surface area contributed by atoms with Crippen LogP contribution >= 0.6 is 11.6 Å². The SMILES string of the molecule is N#Cc1cc(Cl)nc(N2CC3CCCC3C2)c1. The molecule has 4 heteroatoms. The van der Waals surface area contributed by atoms with Crippen molar-refractivity contribution in [2.24, 2.45) is 11.8 Å². The summed E-state index contributed by atoms with van der Waals surface area (Å²) in [5, 5.41) is 9.35. The van der Waals surface area contributed by atoms with Gasteiger partial charge < -0.3 is 4.90 Å². The van der Waals surface area contributed by atoms with Crippen molar-refractivity contribution in [3.63, 3.8) is 0 Å². The number of halogens is 1. The average molecular weight is 248 g/mol. The van der Waals surface area contributed by atoms with Gasteiger partial charge in [-0.1, -0.05) is 18.0 Å². The predicted molar refractivity (Wildman–Crippen MR) is 67.0 cm³/mol. The minimum atomic E-state index is 0.413. The predicted octanol–water partition coefficient (Wildman–Crippen LogP) is 2.84. The highest BCUT2D eigenvalue weighted by Crippen LogP contribution is 2.39. The largest absolute Gasteiger partial charge is 0.356 e. The van der Waals surface area contributed by atoms with Gasteiger partial charge in [-0.25, -0.2) is 4.98 Å². The first kappa shape index (κ1) is 10.9. The topological polar surface area (TPSA) is 39.9 Å². The summed E-state index contributed by atoms with van der Waals surface area (Å²) in [5.74, 6) is 2.51. The van der Waals surface area contributed by atoms with Crippen LogP contribution in [0, 0.1) is 23.2 Å². The molecular formula is C13H14ClN3. The van der Waals surface area contributed by atoms with Gasteiger partial charge in [0.05, 0.1) is 11.6 Å². The molecule has 0 spiro atoms. The van der Waals surface area contributed by atoms with Gasteiger partial charge in [-0.3, -0.25) is 0 Å². The Bertz CT molecular complexity index is 468. The summed E-state index contributed by atoms with van der Waals surface area (Å²) in [7, 11) is 0. The van der Waals surface area contributed by atoms with Crippen LogP contribution in [-0.4, -0.2) is 18.1 Å². The van der Waals surface area contributed by atoms with Crippen LogP contribution in [0.5, 0.6) is 0 Å². The molecule has 17 heavy (non-hydrogen) atoms. The molecule has 1 aliphatic carbocycles. The van der Waals surface area contributed by atoms with Crippen molar-refractivity contribution in [1.29, 1.82) is 5.26 Å². The lowest BCUT2D eigenvalue weighted by atomic mass is 10.0. The molecule has 0 amide bonds. The smallest absolute Gasteiger partial charge is 0.132 e. The molecule has 2 unspecified atom stereocenters. The van der Waals surface area contributed by atoms with E-state index in [0.717, 1.165) is 30.7 Å². The lowest BCUT2D eigenvalue weighted by Crippen LogP contribution is -2.21. The number of aromatic nitrogens is 1. The fraction of sp³-hybridized carbons (Fsp3) is 0.538. The summed E-state index contributed by atoms with van der Waals surface area (Å²) in [4.78, 5) is 6.61. The first-order valence-electron chi connectivity index (χ1n) is 6.09. The Hall–Kier alpha value is -1.27. The first-order valence-corrected chi connectivity index (χ1v) is 6.46. The molecule has 0 radical (unpaired) electrons. The van der Waals surface area contributed by atoms with Crippen LogP contribution in [0.2, 0.25) is 5.15 Å². The van der Waals surface area contributed by atoms with Gasteiger partial charge in [-0.05, 0) is 36.8 Å². The van der Waals surface area contributed by atoms with E-state index in [9.17, 15) is 0 Å². The Morgan fingerprint density at radius 3 is 2.65 bits per heavy atom. The van der Waals surface area contributed by atoms with Gasteiger partial charge in [0, 0.05) is 13.1 Å². The second-order valence-electron chi connectivity index (χ2n) is 5.00. The molecule has 0 aromatic carbocycles. The third-order valence-electron chi connectivity index (χ3n) is 3.96. The molecule has 1 aromatic rings. The van der Waals surface area contributed by atoms with Crippen LogP contribution in [0.3, 0.4) is 0 Å². The lowest BCUT2D eigenvalue weighted by Gasteiger charge is -2.18. The van der Waals surface area contributed by atoms with E-state index in [1.807, 2.05) is 6.07 Å². The maximum absolute atomic E-state index is 8.94. The van der Waals surface area contributed by atoms with Crippen LogP contribution in [0.25, 0.3) is 0 Å². The van der Waals surface area contributed by atoms with Gasteiger partial charge >= 0.3 is 0 Å². The number of fused-ring (bicyclic) bond motifs is 1. The van der Waals surface area contributed by atoms with Crippen molar-refractivity contribution in [2.75, 3.05) is 18.0 Å².